The monoisotopic (exact) mass is 310 g/mol. The maximum atomic E-state index is 12.6. The number of hydrogen-bond donors (Lipinski definition) is 2. The zero-order chi connectivity index (χ0) is 15.0. The summed E-state index contributed by atoms with van der Waals surface area (Å²) in [6.45, 7) is 0. The smallest absolute Gasteiger partial charge is 0.399 e. The molecule has 3 rings (SSSR count). The van der Waals surface area contributed by atoms with E-state index in [4.69, 9.17) is 5.73 Å². The maximum absolute atomic E-state index is 12.6. The van der Waals surface area contributed by atoms with Gasteiger partial charge in [0.15, 0.2) is 5.16 Å². The van der Waals surface area contributed by atoms with Gasteiger partial charge in [-0.3, -0.25) is 0 Å². The van der Waals surface area contributed by atoms with Crippen LogP contribution in [0.4, 0.5) is 18.9 Å². The van der Waals surface area contributed by atoms with Crippen LogP contribution in [0.5, 0.6) is 0 Å². The molecule has 3 N–H and O–H groups in total. The Labute approximate surface area is 121 Å². The molecule has 0 amide bonds. The van der Waals surface area contributed by atoms with Gasteiger partial charge in [-0.2, -0.15) is 13.2 Å². The number of halogens is 3. The van der Waals surface area contributed by atoms with Crippen molar-refractivity contribution in [1.82, 2.24) is 15.0 Å². The molecule has 0 radical (unpaired) electrons. The van der Waals surface area contributed by atoms with E-state index in [2.05, 4.69) is 15.0 Å². The largest absolute Gasteiger partial charge is 0.433 e. The number of aromatic nitrogens is 3. The first-order valence-corrected chi connectivity index (χ1v) is 6.71. The summed E-state index contributed by atoms with van der Waals surface area (Å²) in [4.78, 5) is 10.8. The average molecular weight is 310 g/mol. The third kappa shape index (κ3) is 2.94. The molecule has 0 aliphatic rings. The molecule has 0 atom stereocenters. The van der Waals surface area contributed by atoms with Crippen molar-refractivity contribution >= 4 is 28.5 Å². The molecule has 0 saturated heterocycles. The average Bonchev–Trinajstić information content (AvgIpc) is 2.79. The summed E-state index contributed by atoms with van der Waals surface area (Å²) >= 11 is 1.03. The predicted molar refractivity (Wildman–Crippen MR) is 73.9 cm³/mol. The highest BCUT2D eigenvalue weighted by molar-refractivity contribution is 7.99. The van der Waals surface area contributed by atoms with Crippen LogP contribution in [0.1, 0.15) is 5.69 Å². The lowest BCUT2D eigenvalue weighted by Gasteiger charge is -2.06. The summed E-state index contributed by atoms with van der Waals surface area (Å²) < 4.78 is 37.8. The fourth-order valence-electron chi connectivity index (χ4n) is 1.78. The number of nitrogens with two attached hydrogens (primary N) is 1. The number of aromatic amines is 1. The molecule has 3 aromatic rings. The van der Waals surface area contributed by atoms with E-state index in [1.165, 1.54) is 12.1 Å². The van der Waals surface area contributed by atoms with Crippen molar-refractivity contribution in [2.24, 2.45) is 0 Å². The van der Waals surface area contributed by atoms with E-state index in [0.717, 1.165) is 23.3 Å². The standard InChI is InChI=1S/C13H9F3N4S/c14-13(15,16)10-2-1-3-11(20-10)21-12-18-8-5-4-7(17)6-9(8)19-12/h1-6H,17H2,(H,18,19). The van der Waals surface area contributed by atoms with Crippen molar-refractivity contribution in [3.8, 4) is 0 Å². The number of benzene rings is 1. The Morgan fingerprint density at radius 1 is 1.10 bits per heavy atom. The molecule has 0 bridgehead atoms. The van der Waals surface area contributed by atoms with Gasteiger partial charge in [-0.25, -0.2) is 9.97 Å². The van der Waals surface area contributed by atoms with Crippen LogP contribution in [-0.4, -0.2) is 15.0 Å². The molecular formula is C13H9F3N4S. The van der Waals surface area contributed by atoms with Crippen molar-refractivity contribution in [3.63, 3.8) is 0 Å². The van der Waals surface area contributed by atoms with Crippen LogP contribution in [0.25, 0.3) is 11.0 Å². The molecule has 2 heterocycles. The highest BCUT2D eigenvalue weighted by atomic mass is 32.2. The van der Waals surface area contributed by atoms with Crippen molar-refractivity contribution < 1.29 is 13.2 Å². The minimum absolute atomic E-state index is 0.219. The minimum atomic E-state index is -4.46. The zero-order valence-corrected chi connectivity index (χ0v) is 11.3. The van der Waals surface area contributed by atoms with Crippen LogP contribution in [0.3, 0.4) is 0 Å². The first kappa shape index (κ1) is 13.7. The van der Waals surface area contributed by atoms with E-state index >= 15 is 0 Å². The SMILES string of the molecule is Nc1ccc2nc(Sc3cccc(C(F)(F)F)n3)[nH]c2c1. The Hall–Kier alpha value is -2.22. The third-order valence-corrected chi connectivity index (χ3v) is 3.52. The number of imidazole rings is 1. The highest BCUT2D eigenvalue weighted by Gasteiger charge is 2.32. The predicted octanol–water partition coefficient (Wildman–Crippen LogP) is 3.71. The summed E-state index contributed by atoms with van der Waals surface area (Å²) in [5.41, 5.74) is 6.74. The second kappa shape index (κ2) is 4.96. The number of H-pyrrole nitrogens is 1. The van der Waals surface area contributed by atoms with E-state index in [9.17, 15) is 13.2 Å². The Balaban J connectivity index is 1.91. The van der Waals surface area contributed by atoms with E-state index < -0.39 is 11.9 Å². The van der Waals surface area contributed by atoms with Crippen LogP contribution < -0.4 is 5.73 Å². The van der Waals surface area contributed by atoms with Crippen LogP contribution in [0, 0.1) is 0 Å². The van der Waals surface area contributed by atoms with Crippen LogP contribution >= 0.6 is 11.8 Å². The van der Waals surface area contributed by atoms with Crippen LogP contribution in [0.2, 0.25) is 0 Å². The summed E-state index contributed by atoms with van der Waals surface area (Å²) in [7, 11) is 0. The number of nitrogens with zero attached hydrogens (tertiary/aromatic N) is 2. The molecule has 21 heavy (non-hydrogen) atoms. The quantitative estimate of drug-likeness (QED) is 0.708. The Bertz CT molecular complexity index is 797. The molecule has 0 aliphatic carbocycles. The summed E-state index contributed by atoms with van der Waals surface area (Å²) in [5.74, 6) is 0. The summed E-state index contributed by atoms with van der Waals surface area (Å²) in [6.07, 6.45) is -4.46. The van der Waals surface area contributed by atoms with Gasteiger partial charge in [-0.15, -0.1) is 0 Å². The van der Waals surface area contributed by atoms with Gasteiger partial charge in [0.2, 0.25) is 0 Å². The van der Waals surface area contributed by atoms with E-state index in [-0.39, 0.29) is 5.03 Å². The van der Waals surface area contributed by atoms with Gasteiger partial charge < -0.3 is 10.7 Å². The molecule has 2 aromatic heterocycles. The molecule has 0 saturated carbocycles. The number of fused-ring (bicyclic) bond motifs is 1. The fourth-order valence-corrected chi connectivity index (χ4v) is 2.57. The second-order valence-electron chi connectivity index (χ2n) is 4.28. The number of anilines is 1. The van der Waals surface area contributed by atoms with Crippen molar-refractivity contribution in [2.75, 3.05) is 5.73 Å². The number of rotatable bonds is 2. The number of nitrogen functional groups attached to an aromatic ring is 1. The normalized spacial score (nSPS) is 12.0. The first-order valence-electron chi connectivity index (χ1n) is 5.89. The van der Waals surface area contributed by atoms with Gasteiger partial charge in [0.1, 0.15) is 10.7 Å². The molecule has 0 fully saturated rings. The Kier molecular flexibility index (Phi) is 3.25. The lowest BCUT2D eigenvalue weighted by atomic mass is 10.3. The van der Waals surface area contributed by atoms with Gasteiger partial charge in [-0.1, -0.05) is 6.07 Å². The summed E-state index contributed by atoms with van der Waals surface area (Å²) in [6, 6.07) is 8.92. The van der Waals surface area contributed by atoms with Gasteiger partial charge in [-0.05, 0) is 42.1 Å². The van der Waals surface area contributed by atoms with Crippen molar-refractivity contribution in [2.45, 2.75) is 16.4 Å². The Morgan fingerprint density at radius 3 is 2.67 bits per heavy atom. The molecule has 0 aliphatic heterocycles. The topological polar surface area (TPSA) is 67.6 Å². The van der Waals surface area contributed by atoms with Gasteiger partial charge in [0.25, 0.3) is 0 Å². The minimum Gasteiger partial charge on any atom is -0.399 e. The van der Waals surface area contributed by atoms with Crippen molar-refractivity contribution in [1.29, 1.82) is 0 Å². The van der Waals surface area contributed by atoms with Crippen molar-refractivity contribution in [3.05, 3.63) is 42.1 Å². The second-order valence-corrected chi connectivity index (χ2v) is 5.29. The molecule has 108 valence electrons. The fraction of sp³-hybridized carbons (Fsp3) is 0.0769. The number of alkyl halides is 3. The van der Waals surface area contributed by atoms with Gasteiger partial charge in [0, 0.05) is 5.69 Å². The van der Waals surface area contributed by atoms with E-state index in [0.29, 0.717) is 16.4 Å². The zero-order valence-electron chi connectivity index (χ0n) is 10.5. The van der Waals surface area contributed by atoms with Gasteiger partial charge >= 0.3 is 6.18 Å². The van der Waals surface area contributed by atoms with E-state index in [1.54, 1.807) is 18.2 Å². The van der Waals surface area contributed by atoms with Crippen LogP contribution in [0.15, 0.2) is 46.6 Å². The summed E-state index contributed by atoms with van der Waals surface area (Å²) in [5, 5.41) is 0.680. The third-order valence-electron chi connectivity index (χ3n) is 2.70. The Morgan fingerprint density at radius 2 is 1.90 bits per heavy atom. The molecule has 0 unspecified atom stereocenters. The number of nitrogens with one attached hydrogen (secondary N) is 1. The van der Waals surface area contributed by atoms with Gasteiger partial charge in [0.05, 0.1) is 11.0 Å². The van der Waals surface area contributed by atoms with E-state index in [1.807, 2.05) is 0 Å². The lowest BCUT2D eigenvalue weighted by Crippen LogP contribution is -2.07. The first-order chi connectivity index (χ1) is 9.91. The molecule has 8 heteroatoms. The molecule has 0 spiro atoms. The lowest BCUT2D eigenvalue weighted by molar-refractivity contribution is -0.141. The molecule has 4 nitrogen and oxygen atoms in total. The number of pyridine rings is 1. The maximum Gasteiger partial charge on any atom is 0.433 e. The molecular weight excluding hydrogens is 301 g/mol. The molecule has 1 aromatic carbocycles. The number of hydrogen-bond acceptors (Lipinski definition) is 4. The highest BCUT2D eigenvalue weighted by Crippen LogP contribution is 2.31. The van der Waals surface area contributed by atoms with Crippen LogP contribution in [-0.2, 0) is 6.18 Å².